The van der Waals surface area contributed by atoms with Gasteiger partial charge in [0.1, 0.15) is 0 Å². The minimum absolute atomic E-state index is 0.0794. The zero-order valence-corrected chi connectivity index (χ0v) is 13.1. The lowest BCUT2D eigenvalue weighted by molar-refractivity contribution is -0.0364. The van der Waals surface area contributed by atoms with E-state index in [1.807, 2.05) is 46.8 Å². The molecule has 0 bridgehead atoms. The smallest absolute Gasteiger partial charge is 0.254 e. The maximum absolute atomic E-state index is 12.8. The first-order valence-corrected chi connectivity index (χ1v) is 7.98. The number of morpholine rings is 1. The molecule has 1 amide bonds. The van der Waals surface area contributed by atoms with Gasteiger partial charge in [-0.2, -0.15) is 5.10 Å². The minimum Gasteiger partial charge on any atom is -0.373 e. The zero-order valence-electron chi connectivity index (χ0n) is 13.1. The van der Waals surface area contributed by atoms with Crippen molar-refractivity contribution in [3.8, 4) is 5.69 Å². The van der Waals surface area contributed by atoms with Gasteiger partial charge in [-0.15, -0.1) is 0 Å². The first-order valence-electron chi connectivity index (χ1n) is 7.98. The predicted molar refractivity (Wildman–Crippen MR) is 85.7 cm³/mol. The normalized spacial score (nSPS) is 23.8. The highest BCUT2D eigenvalue weighted by molar-refractivity contribution is 5.94. The van der Waals surface area contributed by atoms with E-state index in [0.717, 1.165) is 24.5 Å². The van der Waals surface area contributed by atoms with E-state index in [1.165, 1.54) is 0 Å². The first-order chi connectivity index (χ1) is 11.2. The third-order valence-electron chi connectivity index (χ3n) is 4.64. The van der Waals surface area contributed by atoms with Gasteiger partial charge in [0.05, 0.1) is 24.4 Å². The van der Waals surface area contributed by atoms with E-state index in [2.05, 4.69) is 10.4 Å². The molecule has 23 heavy (non-hydrogen) atoms. The van der Waals surface area contributed by atoms with E-state index < -0.39 is 0 Å². The van der Waals surface area contributed by atoms with Gasteiger partial charge in [0.15, 0.2) is 0 Å². The molecule has 2 aromatic rings. The Hall–Kier alpha value is -2.18. The van der Waals surface area contributed by atoms with E-state index in [9.17, 15) is 4.79 Å². The Morgan fingerprint density at radius 3 is 2.83 bits per heavy atom. The van der Waals surface area contributed by atoms with Crippen molar-refractivity contribution in [3.63, 3.8) is 0 Å². The highest BCUT2D eigenvalue weighted by Crippen LogP contribution is 2.21. The van der Waals surface area contributed by atoms with Gasteiger partial charge >= 0.3 is 0 Å². The highest BCUT2D eigenvalue weighted by Gasteiger charge is 2.38. The lowest BCUT2D eigenvalue weighted by atomic mass is 10.1. The van der Waals surface area contributed by atoms with Crippen LogP contribution in [0.3, 0.4) is 0 Å². The maximum Gasteiger partial charge on any atom is 0.254 e. The average molecular weight is 312 g/mol. The molecule has 0 unspecified atom stereocenters. The number of nitrogens with zero attached hydrogens (tertiary/aromatic N) is 3. The molecule has 1 aromatic heterocycles. The number of fused-ring (bicyclic) bond motifs is 1. The van der Waals surface area contributed by atoms with Crippen LogP contribution in [0.1, 0.15) is 16.1 Å². The van der Waals surface area contributed by atoms with Crippen molar-refractivity contribution < 1.29 is 9.53 Å². The van der Waals surface area contributed by atoms with Crippen LogP contribution >= 0.6 is 0 Å². The molecule has 2 atom stereocenters. The van der Waals surface area contributed by atoms with E-state index in [0.29, 0.717) is 18.7 Å². The molecular formula is C17H20N4O2. The van der Waals surface area contributed by atoms with Crippen molar-refractivity contribution in [1.29, 1.82) is 0 Å². The Balaban J connectivity index is 1.56. The number of aromatic nitrogens is 2. The summed E-state index contributed by atoms with van der Waals surface area (Å²) >= 11 is 0. The Kier molecular flexibility index (Phi) is 3.63. The van der Waals surface area contributed by atoms with Crippen LogP contribution in [0, 0.1) is 6.92 Å². The minimum atomic E-state index is 0.0794. The van der Waals surface area contributed by atoms with Gasteiger partial charge < -0.3 is 15.0 Å². The fraction of sp³-hybridized carbons (Fsp3) is 0.412. The SMILES string of the molecule is Cc1ccnn1-c1ccc(C(=O)N2CCO[C@H]3CNC[C@H]32)cc1. The molecule has 2 fully saturated rings. The van der Waals surface area contributed by atoms with Crippen LogP contribution in [0.4, 0.5) is 0 Å². The first kappa shape index (κ1) is 14.4. The predicted octanol–water partition coefficient (Wildman–Crippen LogP) is 0.994. The Labute approximate surface area is 135 Å². The van der Waals surface area contributed by atoms with E-state index >= 15 is 0 Å². The third kappa shape index (κ3) is 2.54. The van der Waals surface area contributed by atoms with Crippen LogP contribution in [0.15, 0.2) is 36.5 Å². The Bertz CT molecular complexity index is 710. The number of rotatable bonds is 2. The molecule has 4 rings (SSSR count). The number of ether oxygens (including phenoxy) is 1. The molecule has 6 nitrogen and oxygen atoms in total. The quantitative estimate of drug-likeness (QED) is 0.898. The van der Waals surface area contributed by atoms with Gasteiger partial charge in [-0.1, -0.05) is 0 Å². The van der Waals surface area contributed by atoms with E-state index in [1.54, 1.807) is 6.20 Å². The summed E-state index contributed by atoms with van der Waals surface area (Å²) in [4.78, 5) is 14.8. The molecule has 1 N–H and O–H groups in total. The standard InChI is InChI=1S/C17H20N4O2/c1-12-6-7-19-21(12)14-4-2-13(3-5-14)17(22)20-8-9-23-16-11-18-10-15(16)20/h2-7,15-16,18H,8-11H2,1H3/t15-,16+/m1/s1. The summed E-state index contributed by atoms with van der Waals surface area (Å²) in [6.07, 6.45) is 1.90. The summed E-state index contributed by atoms with van der Waals surface area (Å²) in [5.74, 6) is 0.0794. The summed E-state index contributed by atoms with van der Waals surface area (Å²) < 4.78 is 7.59. The Morgan fingerprint density at radius 1 is 1.26 bits per heavy atom. The van der Waals surface area contributed by atoms with Gasteiger partial charge in [0.25, 0.3) is 5.91 Å². The number of carbonyl (C=O) groups excluding carboxylic acids is 1. The van der Waals surface area contributed by atoms with Crippen molar-refractivity contribution in [2.24, 2.45) is 0 Å². The molecule has 0 aliphatic carbocycles. The number of benzene rings is 1. The van der Waals surface area contributed by atoms with Gasteiger partial charge in [0, 0.05) is 37.1 Å². The number of hydrogen-bond donors (Lipinski definition) is 1. The molecule has 2 aliphatic heterocycles. The second-order valence-corrected chi connectivity index (χ2v) is 6.06. The maximum atomic E-state index is 12.8. The van der Waals surface area contributed by atoms with Crippen LogP contribution in [-0.4, -0.2) is 59.0 Å². The molecule has 0 spiro atoms. The number of hydrogen-bond acceptors (Lipinski definition) is 4. The largest absolute Gasteiger partial charge is 0.373 e. The Morgan fingerprint density at radius 2 is 2.09 bits per heavy atom. The van der Waals surface area contributed by atoms with Crippen molar-refractivity contribution in [2.45, 2.75) is 19.1 Å². The summed E-state index contributed by atoms with van der Waals surface area (Å²) in [6, 6.07) is 9.75. The molecule has 2 aliphatic rings. The second-order valence-electron chi connectivity index (χ2n) is 6.06. The van der Waals surface area contributed by atoms with E-state index in [-0.39, 0.29) is 18.1 Å². The molecule has 120 valence electrons. The van der Waals surface area contributed by atoms with Crippen LogP contribution in [0.25, 0.3) is 5.69 Å². The monoisotopic (exact) mass is 312 g/mol. The molecule has 1 aromatic carbocycles. The zero-order chi connectivity index (χ0) is 15.8. The van der Waals surface area contributed by atoms with Crippen molar-refractivity contribution in [1.82, 2.24) is 20.0 Å². The van der Waals surface area contributed by atoms with Gasteiger partial charge in [-0.25, -0.2) is 4.68 Å². The van der Waals surface area contributed by atoms with Crippen molar-refractivity contribution >= 4 is 5.91 Å². The number of nitrogens with one attached hydrogen (secondary N) is 1. The third-order valence-corrected chi connectivity index (χ3v) is 4.64. The molecule has 2 saturated heterocycles. The van der Waals surface area contributed by atoms with Crippen LogP contribution in [-0.2, 0) is 4.74 Å². The fourth-order valence-corrected chi connectivity index (χ4v) is 3.39. The molecular weight excluding hydrogens is 292 g/mol. The van der Waals surface area contributed by atoms with Crippen molar-refractivity contribution in [2.75, 3.05) is 26.2 Å². The summed E-state index contributed by atoms with van der Waals surface area (Å²) in [5, 5.41) is 7.59. The lowest BCUT2D eigenvalue weighted by Gasteiger charge is -2.37. The molecule has 0 radical (unpaired) electrons. The van der Waals surface area contributed by atoms with Crippen molar-refractivity contribution in [3.05, 3.63) is 47.8 Å². The van der Waals surface area contributed by atoms with Crippen LogP contribution < -0.4 is 5.32 Å². The summed E-state index contributed by atoms with van der Waals surface area (Å²) in [6.45, 7) is 4.90. The van der Waals surface area contributed by atoms with E-state index in [4.69, 9.17) is 4.74 Å². The van der Waals surface area contributed by atoms with Crippen LogP contribution in [0.5, 0.6) is 0 Å². The molecule has 6 heteroatoms. The van der Waals surface area contributed by atoms with Gasteiger partial charge in [-0.05, 0) is 37.3 Å². The highest BCUT2D eigenvalue weighted by atomic mass is 16.5. The van der Waals surface area contributed by atoms with Crippen LogP contribution in [0.2, 0.25) is 0 Å². The van der Waals surface area contributed by atoms with Gasteiger partial charge in [-0.3, -0.25) is 4.79 Å². The number of aryl methyl sites for hydroxylation is 1. The fourth-order valence-electron chi connectivity index (χ4n) is 3.39. The topological polar surface area (TPSA) is 59.4 Å². The number of carbonyl (C=O) groups is 1. The second kappa shape index (κ2) is 5.79. The molecule has 0 saturated carbocycles. The van der Waals surface area contributed by atoms with Gasteiger partial charge in [0.2, 0.25) is 0 Å². The average Bonchev–Trinajstić information content (AvgIpc) is 3.22. The summed E-state index contributed by atoms with van der Waals surface area (Å²) in [7, 11) is 0. The number of amides is 1. The molecule has 3 heterocycles. The summed E-state index contributed by atoms with van der Waals surface area (Å²) in [5.41, 5.74) is 2.75. The lowest BCUT2D eigenvalue weighted by Crippen LogP contribution is -2.53.